The van der Waals surface area contributed by atoms with E-state index in [1.807, 2.05) is 0 Å². The van der Waals surface area contributed by atoms with E-state index >= 15 is 0 Å². The molecule has 2 aromatic heterocycles. The highest BCUT2D eigenvalue weighted by Gasteiger charge is 2.16. The number of carbonyl (C=O) groups excluding carboxylic acids is 1. The Morgan fingerprint density at radius 1 is 1.44 bits per heavy atom. The Labute approximate surface area is 100 Å². The number of hydrogen-bond acceptors (Lipinski definition) is 6. The maximum absolute atomic E-state index is 11.4. The Morgan fingerprint density at radius 3 is 2.89 bits per heavy atom. The number of nitrogens with zero attached hydrogens (tertiary/aromatic N) is 2. The van der Waals surface area contributed by atoms with Gasteiger partial charge in [-0.2, -0.15) is 5.10 Å². The lowest BCUT2D eigenvalue weighted by molar-refractivity contribution is -0.402. The Bertz CT molecular complexity index is 584. The molecule has 0 aliphatic rings. The minimum Gasteiger partial charge on any atom is -0.463 e. The summed E-state index contributed by atoms with van der Waals surface area (Å²) in [6, 6.07) is 5.59. The van der Waals surface area contributed by atoms with Crippen molar-refractivity contribution in [2.75, 3.05) is 0 Å². The zero-order valence-corrected chi connectivity index (χ0v) is 8.90. The maximum atomic E-state index is 11.4. The van der Waals surface area contributed by atoms with Crippen molar-refractivity contribution in [3.63, 3.8) is 0 Å². The molecule has 0 spiro atoms. The number of nitrogens with one attached hydrogen (secondary N) is 1. The molecular formula is C10H7N3O5. The molecule has 0 aliphatic carbocycles. The molecule has 92 valence electrons. The van der Waals surface area contributed by atoms with Crippen molar-refractivity contribution >= 4 is 18.0 Å². The van der Waals surface area contributed by atoms with Crippen molar-refractivity contribution in [2.45, 2.75) is 0 Å². The second kappa shape index (κ2) is 4.95. The van der Waals surface area contributed by atoms with Crippen LogP contribution < -0.4 is 5.43 Å². The van der Waals surface area contributed by atoms with Gasteiger partial charge >= 0.3 is 11.8 Å². The van der Waals surface area contributed by atoms with E-state index in [-0.39, 0.29) is 5.76 Å². The summed E-state index contributed by atoms with van der Waals surface area (Å²) in [5, 5.41) is 13.9. The van der Waals surface area contributed by atoms with Crippen LogP contribution in [0.4, 0.5) is 5.88 Å². The first-order valence-corrected chi connectivity index (χ1v) is 4.78. The van der Waals surface area contributed by atoms with Crippen molar-refractivity contribution in [1.82, 2.24) is 5.43 Å². The molecule has 2 rings (SSSR count). The quantitative estimate of drug-likeness (QED) is 0.502. The van der Waals surface area contributed by atoms with Crippen LogP contribution in [0, 0.1) is 10.1 Å². The van der Waals surface area contributed by atoms with E-state index in [0.29, 0.717) is 5.76 Å². The normalized spacial score (nSPS) is 10.7. The third-order valence-electron chi connectivity index (χ3n) is 1.90. The van der Waals surface area contributed by atoms with Crippen LogP contribution in [0.15, 0.2) is 44.5 Å². The Hall–Kier alpha value is -2.90. The molecule has 2 aromatic rings. The van der Waals surface area contributed by atoms with Crippen LogP contribution in [0.2, 0.25) is 0 Å². The van der Waals surface area contributed by atoms with Crippen molar-refractivity contribution in [3.8, 4) is 0 Å². The standard InChI is InChI=1S/C10H7N3O5/c14-10(8-3-4-9(18-8)13(15)16)12-11-6-7-2-1-5-17-7/h1-6H,(H,12,14)/b11-6+. The van der Waals surface area contributed by atoms with Gasteiger partial charge < -0.3 is 8.83 Å². The summed E-state index contributed by atoms with van der Waals surface area (Å²) in [5.41, 5.74) is 2.14. The monoisotopic (exact) mass is 249 g/mol. The van der Waals surface area contributed by atoms with Gasteiger partial charge in [-0.05, 0) is 18.2 Å². The Morgan fingerprint density at radius 2 is 2.28 bits per heavy atom. The van der Waals surface area contributed by atoms with Gasteiger partial charge in [0, 0.05) is 0 Å². The highest BCUT2D eigenvalue weighted by atomic mass is 16.6. The van der Waals surface area contributed by atoms with E-state index in [4.69, 9.17) is 4.42 Å². The molecule has 0 aromatic carbocycles. The average Bonchev–Trinajstić information content (AvgIpc) is 2.99. The minimum absolute atomic E-state index is 0.196. The molecule has 0 fully saturated rings. The fourth-order valence-electron chi connectivity index (χ4n) is 1.12. The molecule has 0 unspecified atom stereocenters. The highest BCUT2D eigenvalue weighted by Crippen LogP contribution is 2.15. The van der Waals surface area contributed by atoms with E-state index in [1.165, 1.54) is 18.5 Å². The third-order valence-corrected chi connectivity index (χ3v) is 1.90. The lowest BCUT2D eigenvalue weighted by atomic mass is 10.4. The summed E-state index contributed by atoms with van der Waals surface area (Å²) in [7, 11) is 0. The number of nitro groups is 1. The number of hydrazone groups is 1. The number of furan rings is 2. The molecule has 0 aliphatic heterocycles. The van der Waals surface area contributed by atoms with Gasteiger partial charge in [0.05, 0.1) is 18.5 Å². The fraction of sp³-hybridized carbons (Fsp3) is 0. The molecule has 2 heterocycles. The van der Waals surface area contributed by atoms with Crippen LogP contribution in [0.5, 0.6) is 0 Å². The van der Waals surface area contributed by atoms with E-state index < -0.39 is 16.7 Å². The second-order valence-electron chi connectivity index (χ2n) is 3.11. The molecule has 1 amide bonds. The number of amides is 1. The average molecular weight is 249 g/mol. The van der Waals surface area contributed by atoms with Gasteiger partial charge in [0.25, 0.3) is 0 Å². The van der Waals surface area contributed by atoms with Crippen LogP contribution in [-0.4, -0.2) is 17.0 Å². The molecule has 0 radical (unpaired) electrons. The van der Waals surface area contributed by atoms with E-state index in [9.17, 15) is 14.9 Å². The predicted octanol–water partition coefficient (Wildman–Crippen LogP) is 1.54. The van der Waals surface area contributed by atoms with Gasteiger partial charge in [0.15, 0.2) is 0 Å². The number of hydrogen-bond donors (Lipinski definition) is 1. The summed E-state index contributed by atoms with van der Waals surface area (Å²) in [6.07, 6.45) is 2.74. The van der Waals surface area contributed by atoms with Gasteiger partial charge in [0.1, 0.15) is 10.7 Å². The van der Waals surface area contributed by atoms with Gasteiger partial charge in [-0.15, -0.1) is 0 Å². The Balaban J connectivity index is 1.97. The first-order chi connectivity index (χ1) is 8.66. The molecular weight excluding hydrogens is 242 g/mol. The summed E-state index contributed by atoms with van der Waals surface area (Å²) < 4.78 is 9.63. The molecule has 0 atom stereocenters. The SMILES string of the molecule is O=C(N/N=C/c1ccco1)c1ccc([N+](=O)[O-])o1. The van der Waals surface area contributed by atoms with E-state index in [2.05, 4.69) is 14.9 Å². The zero-order valence-electron chi connectivity index (χ0n) is 8.90. The lowest BCUT2D eigenvalue weighted by Gasteiger charge is -1.93. The van der Waals surface area contributed by atoms with Crippen molar-refractivity contribution in [2.24, 2.45) is 5.10 Å². The minimum atomic E-state index is -0.733. The van der Waals surface area contributed by atoms with Gasteiger partial charge in [-0.25, -0.2) is 5.43 Å². The molecule has 0 saturated carbocycles. The largest absolute Gasteiger partial charge is 0.463 e. The molecule has 0 bridgehead atoms. The van der Waals surface area contributed by atoms with Crippen LogP contribution in [-0.2, 0) is 0 Å². The smallest absolute Gasteiger partial charge is 0.433 e. The molecule has 1 N–H and O–H groups in total. The molecule has 8 heteroatoms. The number of carbonyl (C=O) groups is 1. The van der Waals surface area contributed by atoms with Crippen molar-refractivity contribution < 1.29 is 18.6 Å². The van der Waals surface area contributed by atoms with E-state index in [1.54, 1.807) is 12.1 Å². The zero-order chi connectivity index (χ0) is 13.0. The summed E-state index contributed by atoms with van der Waals surface area (Å²) in [4.78, 5) is 21.0. The first kappa shape index (κ1) is 11.6. The highest BCUT2D eigenvalue weighted by molar-refractivity contribution is 5.92. The van der Waals surface area contributed by atoms with Gasteiger partial charge in [-0.1, -0.05) is 0 Å². The molecule has 18 heavy (non-hydrogen) atoms. The van der Waals surface area contributed by atoms with Gasteiger partial charge in [0.2, 0.25) is 5.76 Å². The topological polar surface area (TPSA) is 111 Å². The van der Waals surface area contributed by atoms with Crippen LogP contribution in [0.3, 0.4) is 0 Å². The Kier molecular flexibility index (Phi) is 3.19. The van der Waals surface area contributed by atoms with E-state index in [0.717, 1.165) is 6.07 Å². The van der Waals surface area contributed by atoms with Crippen LogP contribution in [0.1, 0.15) is 16.3 Å². The fourth-order valence-corrected chi connectivity index (χ4v) is 1.12. The van der Waals surface area contributed by atoms with Crippen molar-refractivity contribution in [1.29, 1.82) is 0 Å². The maximum Gasteiger partial charge on any atom is 0.433 e. The first-order valence-electron chi connectivity index (χ1n) is 4.78. The van der Waals surface area contributed by atoms with Crippen LogP contribution in [0.25, 0.3) is 0 Å². The summed E-state index contributed by atoms with van der Waals surface area (Å²) >= 11 is 0. The third kappa shape index (κ3) is 2.61. The molecule has 8 nitrogen and oxygen atoms in total. The van der Waals surface area contributed by atoms with Crippen LogP contribution >= 0.6 is 0 Å². The predicted molar refractivity (Wildman–Crippen MR) is 59.1 cm³/mol. The second-order valence-corrected chi connectivity index (χ2v) is 3.11. The lowest BCUT2D eigenvalue weighted by Crippen LogP contribution is -2.16. The summed E-state index contributed by atoms with van der Waals surface area (Å²) in [5.74, 6) is -0.930. The van der Waals surface area contributed by atoms with Gasteiger partial charge in [-0.3, -0.25) is 14.9 Å². The van der Waals surface area contributed by atoms with Crippen molar-refractivity contribution in [3.05, 3.63) is 52.2 Å². The number of rotatable bonds is 4. The molecule has 0 saturated heterocycles. The summed E-state index contributed by atoms with van der Waals surface area (Å²) in [6.45, 7) is 0.